The van der Waals surface area contributed by atoms with E-state index in [1.165, 1.54) is 5.57 Å². The summed E-state index contributed by atoms with van der Waals surface area (Å²) >= 11 is 0. The summed E-state index contributed by atoms with van der Waals surface area (Å²) in [5.74, 6) is 1.22. The zero-order chi connectivity index (χ0) is 10.1. The van der Waals surface area contributed by atoms with Gasteiger partial charge in [0.25, 0.3) is 0 Å². The molecule has 1 aliphatic carbocycles. The molecule has 0 saturated heterocycles. The van der Waals surface area contributed by atoms with Crippen molar-refractivity contribution in [2.24, 2.45) is 11.8 Å². The van der Waals surface area contributed by atoms with Gasteiger partial charge >= 0.3 is 5.97 Å². The Morgan fingerprint density at radius 2 is 2.29 bits per heavy atom. The minimum Gasteiger partial charge on any atom is -0.431 e. The normalized spacial score (nSPS) is 32.3. The van der Waals surface area contributed by atoms with Crippen LogP contribution in [0.2, 0.25) is 0 Å². The molecule has 14 heavy (non-hydrogen) atoms. The number of carbonyl (C=O) groups is 1. The van der Waals surface area contributed by atoms with Gasteiger partial charge in [-0.2, -0.15) is 0 Å². The number of fused-ring (bicyclic) bond motifs is 1. The van der Waals surface area contributed by atoms with Crippen LogP contribution in [0.3, 0.4) is 0 Å². The maximum Gasteiger partial charge on any atom is 0.314 e. The summed E-state index contributed by atoms with van der Waals surface area (Å²) < 4.78 is 5.26. The third kappa shape index (κ3) is 1.74. The molecule has 2 aliphatic rings. The summed E-state index contributed by atoms with van der Waals surface area (Å²) in [5.41, 5.74) is 1.30. The van der Waals surface area contributed by atoms with Gasteiger partial charge in [-0.1, -0.05) is 18.6 Å². The highest BCUT2D eigenvalue weighted by molar-refractivity contribution is 5.75. The molecule has 2 rings (SSSR count). The van der Waals surface area contributed by atoms with Gasteiger partial charge in [-0.05, 0) is 31.8 Å². The predicted octanol–water partition coefficient (Wildman–Crippen LogP) is 2.81. The molecule has 0 radical (unpaired) electrons. The van der Waals surface area contributed by atoms with Gasteiger partial charge in [-0.15, -0.1) is 0 Å². The van der Waals surface area contributed by atoms with Crippen molar-refractivity contribution in [3.05, 3.63) is 23.5 Å². The van der Waals surface area contributed by atoms with Crippen molar-refractivity contribution in [2.75, 3.05) is 0 Å². The van der Waals surface area contributed by atoms with E-state index in [-0.39, 0.29) is 11.9 Å². The average molecular weight is 192 g/mol. The highest BCUT2D eigenvalue weighted by Gasteiger charge is 2.30. The van der Waals surface area contributed by atoms with Crippen LogP contribution >= 0.6 is 0 Å². The first-order valence-electron chi connectivity index (χ1n) is 5.25. The average Bonchev–Trinajstić information content (AvgIpc) is 2.09. The van der Waals surface area contributed by atoms with Crippen molar-refractivity contribution in [3.8, 4) is 0 Å². The molecule has 1 aliphatic heterocycles. The molecular weight excluding hydrogens is 176 g/mol. The smallest absolute Gasteiger partial charge is 0.314 e. The molecular formula is C12H16O2. The molecule has 1 heterocycles. The topological polar surface area (TPSA) is 26.3 Å². The monoisotopic (exact) mass is 192 g/mol. The van der Waals surface area contributed by atoms with Crippen LogP contribution in [0, 0.1) is 11.8 Å². The Labute approximate surface area is 84.6 Å². The second-order valence-electron chi connectivity index (χ2n) is 4.31. The Bertz CT molecular complexity index is 312. The van der Waals surface area contributed by atoms with Crippen LogP contribution in [0.4, 0.5) is 0 Å². The fourth-order valence-corrected chi connectivity index (χ4v) is 2.11. The Morgan fingerprint density at radius 3 is 3.07 bits per heavy atom. The summed E-state index contributed by atoms with van der Waals surface area (Å²) in [4.78, 5) is 11.5. The molecule has 0 spiro atoms. The van der Waals surface area contributed by atoms with Gasteiger partial charge in [-0.3, -0.25) is 4.79 Å². The van der Waals surface area contributed by atoms with Crippen molar-refractivity contribution in [1.82, 2.24) is 0 Å². The van der Waals surface area contributed by atoms with Gasteiger partial charge in [0.15, 0.2) is 0 Å². The van der Waals surface area contributed by atoms with Crippen LogP contribution in [-0.4, -0.2) is 5.97 Å². The first-order valence-corrected chi connectivity index (χ1v) is 5.25. The zero-order valence-electron chi connectivity index (χ0n) is 8.75. The molecule has 2 nitrogen and oxygen atoms in total. The van der Waals surface area contributed by atoms with Gasteiger partial charge in [0, 0.05) is 6.42 Å². The predicted molar refractivity (Wildman–Crippen MR) is 54.4 cm³/mol. The molecule has 0 N–H and O–H groups in total. The molecule has 2 heteroatoms. The molecule has 0 unspecified atom stereocenters. The molecule has 0 aromatic rings. The van der Waals surface area contributed by atoms with E-state index in [9.17, 15) is 4.79 Å². The quantitative estimate of drug-likeness (QED) is 0.436. The van der Waals surface area contributed by atoms with Crippen LogP contribution in [0.15, 0.2) is 23.5 Å². The molecule has 2 bridgehead atoms. The number of hydrogen-bond donors (Lipinski definition) is 0. The maximum absolute atomic E-state index is 11.5. The Morgan fingerprint density at radius 1 is 1.50 bits per heavy atom. The minimum atomic E-state index is -0.0535. The van der Waals surface area contributed by atoms with Crippen LogP contribution < -0.4 is 0 Å². The van der Waals surface area contributed by atoms with E-state index >= 15 is 0 Å². The molecule has 0 fully saturated rings. The van der Waals surface area contributed by atoms with E-state index in [1.54, 1.807) is 0 Å². The van der Waals surface area contributed by atoms with Crippen molar-refractivity contribution < 1.29 is 9.53 Å². The Hall–Kier alpha value is -1.05. The third-order valence-corrected chi connectivity index (χ3v) is 3.09. The second-order valence-corrected chi connectivity index (χ2v) is 4.31. The Balaban J connectivity index is 2.24. The summed E-state index contributed by atoms with van der Waals surface area (Å²) in [6, 6.07) is 0. The lowest BCUT2D eigenvalue weighted by molar-refractivity contribution is -0.146. The van der Waals surface area contributed by atoms with Gasteiger partial charge in [0.1, 0.15) is 5.76 Å². The number of rotatable bonds is 0. The largest absolute Gasteiger partial charge is 0.431 e. The van der Waals surface area contributed by atoms with Crippen molar-refractivity contribution in [3.63, 3.8) is 0 Å². The lowest BCUT2D eigenvalue weighted by atomic mass is 9.85. The number of ether oxygens (including phenoxy) is 1. The van der Waals surface area contributed by atoms with Crippen LogP contribution in [0.1, 0.15) is 33.1 Å². The third-order valence-electron chi connectivity index (χ3n) is 3.09. The maximum atomic E-state index is 11.5. The number of carbonyl (C=O) groups excluding carboxylic acids is 1. The fourth-order valence-electron chi connectivity index (χ4n) is 2.11. The highest BCUT2D eigenvalue weighted by Crippen LogP contribution is 2.32. The van der Waals surface area contributed by atoms with E-state index in [2.05, 4.69) is 19.1 Å². The number of esters is 1. The lowest BCUT2D eigenvalue weighted by Crippen LogP contribution is -2.27. The van der Waals surface area contributed by atoms with E-state index < -0.39 is 0 Å². The molecule has 0 saturated carbocycles. The fraction of sp³-hybridized carbons (Fsp3) is 0.583. The molecule has 0 amide bonds. The van der Waals surface area contributed by atoms with Crippen molar-refractivity contribution in [2.45, 2.75) is 33.1 Å². The lowest BCUT2D eigenvalue weighted by Gasteiger charge is -2.27. The SMILES string of the molecule is CC1=CCC[C@@H]2C=C(C1)OC(=O)[C@H]2C. The van der Waals surface area contributed by atoms with Crippen molar-refractivity contribution >= 4 is 5.97 Å². The number of allylic oxidation sites excluding steroid dienone is 3. The zero-order valence-corrected chi connectivity index (χ0v) is 8.75. The first-order chi connectivity index (χ1) is 6.66. The first kappa shape index (κ1) is 9.50. The van der Waals surface area contributed by atoms with Gasteiger partial charge in [0.05, 0.1) is 5.92 Å². The summed E-state index contributed by atoms with van der Waals surface area (Å²) in [7, 11) is 0. The van der Waals surface area contributed by atoms with Gasteiger partial charge < -0.3 is 4.74 Å². The standard InChI is InChI=1S/C12H16O2/c1-8-4-3-5-10-7-11(6-8)14-12(13)9(10)2/h4,7,9-10H,3,5-6H2,1-2H3/t9-,10+/m0/s1. The van der Waals surface area contributed by atoms with E-state index in [0.717, 1.165) is 25.0 Å². The molecule has 2 atom stereocenters. The van der Waals surface area contributed by atoms with Gasteiger partial charge in [0.2, 0.25) is 0 Å². The molecule has 0 aromatic heterocycles. The highest BCUT2D eigenvalue weighted by atomic mass is 16.5. The van der Waals surface area contributed by atoms with Crippen LogP contribution in [-0.2, 0) is 9.53 Å². The van der Waals surface area contributed by atoms with Crippen LogP contribution in [0.25, 0.3) is 0 Å². The second kappa shape index (κ2) is 3.60. The van der Waals surface area contributed by atoms with E-state index in [1.807, 2.05) is 6.92 Å². The minimum absolute atomic E-state index is 0.0329. The number of hydrogen-bond acceptors (Lipinski definition) is 2. The summed E-state index contributed by atoms with van der Waals surface area (Å²) in [5, 5.41) is 0. The Kier molecular flexibility index (Phi) is 2.44. The van der Waals surface area contributed by atoms with Crippen molar-refractivity contribution in [1.29, 1.82) is 0 Å². The van der Waals surface area contributed by atoms with Gasteiger partial charge in [-0.25, -0.2) is 0 Å². The van der Waals surface area contributed by atoms with E-state index in [4.69, 9.17) is 4.74 Å². The molecule has 0 aromatic carbocycles. The summed E-state index contributed by atoms with van der Waals surface area (Å²) in [6.45, 7) is 4.05. The van der Waals surface area contributed by atoms with Crippen LogP contribution in [0.5, 0.6) is 0 Å². The summed E-state index contributed by atoms with van der Waals surface area (Å²) in [6.07, 6.45) is 7.35. The van der Waals surface area contributed by atoms with E-state index in [0.29, 0.717) is 5.92 Å². The molecule has 76 valence electrons.